The van der Waals surface area contributed by atoms with Crippen molar-refractivity contribution in [1.29, 1.82) is 0 Å². The summed E-state index contributed by atoms with van der Waals surface area (Å²) in [6.45, 7) is 7.84. The maximum Gasteiger partial charge on any atom is 0.255 e. The first-order valence-electron chi connectivity index (χ1n) is 12.3. The number of nitrogens with zero attached hydrogens (tertiary/aromatic N) is 2. The summed E-state index contributed by atoms with van der Waals surface area (Å²) in [5, 5.41) is 6.35. The number of aryl methyl sites for hydroxylation is 1. The number of fused-ring (bicyclic) bond motifs is 1. The average molecular weight is 504 g/mol. The van der Waals surface area contributed by atoms with Gasteiger partial charge in [0.05, 0.1) is 43.0 Å². The molecule has 1 aromatic carbocycles. The Hall–Kier alpha value is -4.27. The van der Waals surface area contributed by atoms with Gasteiger partial charge in [-0.3, -0.25) is 14.6 Å². The van der Waals surface area contributed by atoms with E-state index in [0.29, 0.717) is 23.5 Å². The maximum absolute atomic E-state index is 12.7. The van der Waals surface area contributed by atoms with Crippen LogP contribution in [0.3, 0.4) is 0 Å². The summed E-state index contributed by atoms with van der Waals surface area (Å²) >= 11 is 0. The number of ether oxygens (including phenoxy) is 2. The molecule has 1 saturated heterocycles. The van der Waals surface area contributed by atoms with Gasteiger partial charge in [0.2, 0.25) is 5.91 Å². The Morgan fingerprint density at radius 3 is 2.68 bits per heavy atom. The second kappa shape index (κ2) is 11.6. The summed E-state index contributed by atoms with van der Waals surface area (Å²) < 4.78 is 11.1. The van der Waals surface area contributed by atoms with Gasteiger partial charge in [0.25, 0.3) is 5.91 Å². The van der Waals surface area contributed by atoms with E-state index in [2.05, 4.69) is 27.2 Å². The Morgan fingerprint density at radius 2 is 1.97 bits per heavy atom. The summed E-state index contributed by atoms with van der Waals surface area (Å²) in [6, 6.07) is 7.73. The zero-order chi connectivity index (χ0) is 26.4. The number of rotatable bonds is 6. The molecule has 2 aliphatic rings. The Morgan fingerprint density at radius 1 is 1.19 bits per heavy atom. The number of aromatic amines is 1. The van der Waals surface area contributed by atoms with Crippen LogP contribution in [0.25, 0.3) is 11.3 Å². The summed E-state index contributed by atoms with van der Waals surface area (Å²) in [5.74, 6) is 1.33. The van der Waals surface area contributed by atoms with Crippen LogP contribution >= 0.6 is 0 Å². The van der Waals surface area contributed by atoms with E-state index in [4.69, 9.17) is 9.47 Å². The molecule has 5 rings (SSSR count). The minimum absolute atomic E-state index is 0.0764. The van der Waals surface area contributed by atoms with Crippen LogP contribution in [0, 0.1) is 6.92 Å². The van der Waals surface area contributed by atoms with E-state index in [1.165, 1.54) is 6.08 Å². The number of likely N-dealkylation sites (tertiary alicyclic amines) is 1. The maximum atomic E-state index is 12.7. The van der Waals surface area contributed by atoms with E-state index in [1.807, 2.05) is 36.1 Å². The molecule has 0 radical (unpaired) electrons. The van der Waals surface area contributed by atoms with Crippen LogP contribution in [0.5, 0.6) is 11.5 Å². The lowest BCUT2D eigenvalue weighted by Crippen LogP contribution is -2.31. The summed E-state index contributed by atoms with van der Waals surface area (Å²) in [6.07, 6.45) is 7.78. The first kappa shape index (κ1) is 25.8. The number of benzene rings is 1. The quantitative estimate of drug-likeness (QED) is 0.435. The Labute approximate surface area is 216 Å². The number of nitrogens with one attached hydrogen (secondary N) is 3. The number of carbonyl (C=O) groups excluding carboxylic acids is 2. The number of anilines is 2. The number of H-pyrrole nitrogens is 1. The third-order valence-electron chi connectivity index (χ3n) is 6.51. The van der Waals surface area contributed by atoms with Gasteiger partial charge in [-0.2, -0.15) is 0 Å². The lowest BCUT2D eigenvalue weighted by Gasteiger charge is -2.17. The Balaban J connectivity index is 0.000000301. The third kappa shape index (κ3) is 5.45. The highest BCUT2D eigenvalue weighted by molar-refractivity contribution is 6.06. The van der Waals surface area contributed by atoms with Crippen LogP contribution in [-0.2, 0) is 11.2 Å². The molecule has 9 nitrogen and oxygen atoms in total. The predicted molar refractivity (Wildman–Crippen MR) is 144 cm³/mol. The van der Waals surface area contributed by atoms with E-state index >= 15 is 0 Å². The molecule has 4 heterocycles. The smallest absolute Gasteiger partial charge is 0.255 e. The number of hydrogen-bond donors (Lipinski definition) is 3. The molecular weight excluding hydrogens is 470 g/mol. The average Bonchev–Trinajstić information content (AvgIpc) is 3.58. The molecule has 37 heavy (non-hydrogen) atoms. The molecule has 2 amide bonds. The van der Waals surface area contributed by atoms with Crippen molar-refractivity contribution in [1.82, 2.24) is 20.2 Å². The zero-order valence-electron chi connectivity index (χ0n) is 21.5. The van der Waals surface area contributed by atoms with E-state index in [9.17, 15) is 9.59 Å². The molecule has 0 aliphatic carbocycles. The van der Waals surface area contributed by atoms with Crippen LogP contribution in [0.1, 0.15) is 34.5 Å². The molecule has 0 atom stereocenters. The fourth-order valence-corrected chi connectivity index (χ4v) is 4.68. The number of methoxy groups -OCH3 is 2. The van der Waals surface area contributed by atoms with Crippen LogP contribution in [-0.4, -0.2) is 60.5 Å². The van der Waals surface area contributed by atoms with Crippen molar-refractivity contribution in [2.45, 2.75) is 26.2 Å². The molecule has 0 saturated carbocycles. The third-order valence-corrected chi connectivity index (χ3v) is 6.51. The van der Waals surface area contributed by atoms with Gasteiger partial charge < -0.3 is 30.0 Å². The summed E-state index contributed by atoms with van der Waals surface area (Å²) in [5.41, 5.74) is 5.61. The van der Waals surface area contributed by atoms with Gasteiger partial charge in [-0.05, 0) is 43.5 Å². The predicted octanol–water partition coefficient (Wildman–Crippen LogP) is 4.23. The van der Waals surface area contributed by atoms with Crippen molar-refractivity contribution in [3.63, 3.8) is 0 Å². The van der Waals surface area contributed by atoms with Crippen molar-refractivity contribution < 1.29 is 19.1 Å². The number of carbonyl (C=O) groups is 2. The van der Waals surface area contributed by atoms with Gasteiger partial charge in [-0.1, -0.05) is 18.7 Å². The molecule has 3 N–H and O–H groups in total. The normalized spacial score (nSPS) is 14.1. The van der Waals surface area contributed by atoms with Gasteiger partial charge in [0.15, 0.2) is 0 Å². The lowest BCUT2D eigenvalue weighted by molar-refractivity contribution is -0.124. The standard InChI is InChI=1S/C21H22N4O3.C7H11NO/c1-12-5-4-6-15(20(12)28-3)25-19-17-14(8-10-23-21(17)26)24-18(19)13-7-9-22-11-16(13)27-2;1-2-7(9)8-5-3-4-6-8/h4-7,9,11,24-25H,8,10H2,1-3H3,(H,23,26);2H,1,3-6H2. The molecular formula is C28H33N5O4. The van der Waals surface area contributed by atoms with Crippen LogP contribution in [0.2, 0.25) is 0 Å². The van der Waals surface area contributed by atoms with Crippen molar-refractivity contribution in [3.05, 3.63) is 66.1 Å². The summed E-state index contributed by atoms with van der Waals surface area (Å²) in [7, 11) is 3.24. The van der Waals surface area contributed by atoms with Gasteiger partial charge in [-0.15, -0.1) is 0 Å². The fraction of sp³-hybridized carbons (Fsp3) is 0.321. The highest BCUT2D eigenvalue weighted by Gasteiger charge is 2.28. The van der Waals surface area contributed by atoms with Crippen LogP contribution < -0.4 is 20.1 Å². The molecule has 2 aliphatic heterocycles. The van der Waals surface area contributed by atoms with Crippen molar-refractivity contribution in [2.75, 3.05) is 39.2 Å². The van der Waals surface area contributed by atoms with Gasteiger partial charge in [-0.25, -0.2) is 0 Å². The fourth-order valence-electron chi connectivity index (χ4n) is 4.68. The molecule has 0 bridgehead atoms. The zero-order valence-corrected chi connectivity index (χ0v) is 21.5. The minimum atomic E-state index is -0.106. The molecule has 9 heteroatoms. The van der Waals surface area contributed by atoms with Crippen molar-refractivity contribution in [3.8, 4) is 22.8 Å². The van der Waals surface area contributed by atoms with Gasteiger partial charge in [0.1, 0.15) is 11.5 Å². The van der Waals surface area contributed by atoms with Crippen LogP contribution in [0.4, 0.5) is 11.4 Å². The summed E-state index contributed by atoms with van der Waals surface area (Å²) in [4.78, 5) is 32.9. The highest BCUT2D eigenvalue weighted by atomic mass is 16.5. The van der Waals surface area contributed by atoms with Crippen molar-refractivity contribution >= 4 is 23.2 Å². The molecule has 0 unspecified atom stereocenters. The SMILES string of the molecule is C=CC(=O)N1CCCC1.COc1cnccc1-c1[nH]c2c(c1Nc1cccc(C)c1OC)C(=O)NCC2. The van der Waals surface area contributed by atoms with Gasteiger partial charge in [0, 0.05) is 43.5 Å². The van der Waals surface area contributed by atoms with E-state index < -0.39 is 0 Å². The number of aromatic nitrogens is 2. The Bertz CT molecular complexity index is 1290. The second-order valence-electron chi connectivity index (χ2n) is 8.83. The minimum Gasteiger partial charge on any atom is -0.494 e. The molecule has 194 valence electrons. The monoisotopic (exact) mass is 503 g/mol. The van der Waals surface area contributed by atoms with Gasteiger partial charge >= 0.3 is 0 Å². The molecule has 0 spiro atoms. The Kier molecular flexibility index (Phi) is 8.12. The number of hydrogen-bond acceptors (Lipinski definition) is 6. The molecule has 1 fully saturated rings. The van der Waals surface area contributed by atoms with Crippen molar-refractivity contribution in [2.24, 2.45) is 0 Å². The first-order valence-corrected chi connectivity index (χ1v) is 12.3. The molecule has 3 aromatic rings. The number of para-hydroxylation sites is 1. The number of pyridine rings is 1. The number of amides is 2. The second-order valence-corrected chi connectivity index (χ2v) is 8.83. The largest absolute Gasteiger partial charge is 0.494 e. The van der Waals surface area contributed by atoms with E-state index in [1.54, 1.807) is 26.6 Å². The van der Waals surface area contributed by atoms with E-state index in [-0.39, 0.29) is 11.8 Å². The van der Waals surface area contributed by atoms with Crippen LogP contribution in [0.15, 0.2) is 49.3 Å². The topological polar surface area (TPSA) is 109 Å². The first-order chi connectivity index (χ1) is 18.0. The lowest BCUT2D eigenvalue weighted by atomic mass is 10.0. The highest BCUT2D eigenvalue weighted by Crippen LogP contribution is 2.41. The molecule has 2 aromatic heterocycles. The van der Waals surface area contributed by atoms with E-state index in [0.717, 1.165) is 66.3 Å².